The van der Waals surface area contributed by atoms with Crippen LogP contribution < -0.4 is 0 Å². The summed E-state index contributed by atoms with van der Waals surface area (Å²) in [5, 5.41) is 3.18. The van der Waals surface area contributed by atoms with E-state index >= 15 is 0 Å². The van der Waals surface area contributed by atoms with Crippen LogP contribution in [0.25, 0.3) is 0 Å². The summed E-state index contributed by atoms with van der Waals surface area (Å²) in [5.74, 6) is 0.0111. The number of thiophene rings is 1. The second kappa shape index (κ2) is 10.7. The van der Waals surface area contributed by atoms with E-state index in [1.807, 2.05) is 24.0 Å². The molecule has 162 valence electrons. The highest BCUT2D eigenvalue weighted by atomic mass is 35.5. The Hall–Kier alpha value is -1.56. The van der Waals surface area contributed by atoms with Crippen LogP contribution in [-0.4, -0.2) is 41.2 Å². The van der Waals surface area contributed by atoms with Crippen molar-refractivity contribution in [3.8, 4) is 0 Å². The fourth-order valence-electron chi connectivity index (χ4n) is 3.91. The zero-order valence-corrected chi connectivity index (χ0v) is 19.8. The average Bonchev–Trinajstić information content (AvgIpc) is 3.19. The topological polar surface area (TPSA) is 40.6 Å². The Labute approximate surface area is 192 Å². The minimum absolute atomic E-state index is 0.0385. The maximum absolute atomic E-state index is 13.4. The predicted octanol–water partition coefficient (Wildman–Crippen LogP) is 5.96. The quantitative estimate of drug-likeness (QED) is 0.481. The molecule has 0 saturated carbocycles. The molecule has 0 bridgehead atoms. The molecule has 0 spiro atoms. The first-order valence-corrected chi connectivity index (χ1v) is 12.2. The SMILES string of the molecule is CCCCN(CC(=O)N1CCc2sccc2C1c1ccc(Cl)cc1Cl)C(=O)CCC. The normalized spacial score (nSPS) is 15.7. The number of amides is 2. The number of unbranched alkanes of at least 4 members (excludes halogenated alkanes) is 1. The number of carbonyl (C=O) groups is 2. The van der Waals surface area contributed by atoms with Crippen molar-refractivity contribution in [3.63, 3.8) is 0 Å². The number of hydrogen-bond acceptors (Lipinski definition) is 3. The molecule has 1 aliphatic heterocycles. The number of carbonyl (C=O) groups excluding carboxylic acids is 2. The van der Waals surface area contributed by atoms with Gasteiger partial charge in [0.05, 0.1) is 12.6 Å². The third-order valence-electron chi connectivity index (χ3n) is 5.47. The van der Waals surface area contributed by atoms with Gasteiger partial charge in [0, 0.05) is 34.4 Å². The summed E-state index contributed by atoms with van der Waals surface area (Å²) in [6.07, 6.45) is 3.94. The molecule has 7 heteroatoms. The molecule has 1 aromatic carbocycles. The fraction of sp³-hybridized carbons (Fsp3) is 0.478. The summed E-state index contributed by atoms with van der Waals surface area (Å²) in [6.45, 7) is 5.41. The number of rotatable bonds is 8. The molecule has 1 atom stereocenters. The van der Waals surface area contributed by atoms with Crippen molar-refractivity contribution in [1.82, 2.24) is 9.80 Å². The number of nitrogens with zero attached hydrogens (tertiary/aromatic N) is 2. The molecule has 4 nitrogen and oxygen atoms in total. The number of hydrogen-bond donors (Lipinski definition) is 0. The van der Waals surface area contributed by atoms with E-state index in [2.05, 4.69) is 18.4 Å². The summed E-state index contributed by atoms with van der Waals surface area (Å²) in [5.41, 5.74) is 1.98. The minimum atomic E-state index is -0.258. The van der Waals surface area contributed by atoms with E-state index in [1.54, 1.807) is 22.3 Å². The summed E-state index contributed by atoms with van der Waals surface area (Å²) in [4.78, 5) is 30.9. The van der Waals surface area contributed by atoms with Crippen molar-refractivity contribution in [2.45, 2.75) is 52.0 Å². The maximum atomic E-state index is 13.4. The Kier molecular flexibility index (Phi) is 8.20. The minimum Gasteiger partial charge on any atom is -0.333 e. The third kappa shape index (κ3) is 5.19. The van der Waals surface area contributed by atoms with Crippen molar-refractivity contribution in [1.29, 1.82) is 0 Å². The lowest BCUT2D eigenvalue weighted by atomic mass is 9.93. The molecule has 1 aliphatic rings. The van der Waals surface area contributed by atoms with E-state index in [1.165, 1.54) is 4.88 Å². The van der Waals surface area contributed by atoms with Crippen LogP contribution in [0.1, 0.15) is 61.6 Å². The van der Waals surface area contributed by atoms with Crippen LogP contribution in [0.3, 0.4) is 0 Å². The van der Waals surface area contributed by atoms with Gasteiger partial charge < -0.3 is 9.80 Å². The van der Waals surface area contributed by atoms with Gasteiger partial charge >= 0.3 is 0 Å². The molecule has 3 rings (SSSR count). The Morgan fingerprint density at radius 3 is 2.67 bits per heavy atom. The second-order valence-electron chi connectivity index (χ2n) is 7.62. The van der Waals surface area contributed by atoms with E-state index in [4.69, 9.17) is 23.2 Å². The lowest BCUT2D eigenvalue weighted by molar-refractivity contribution is -0.141. The van der Waals surface area contributed by atoms with Gasteiger partial charge in [-0.1, -0.05) is 49.5 Å². The summed E-state index contributed by atoms with van der Waals surface area (Å²) >= 11 is 14.4. The predicted molar refractivity (Wildman–Crippen MR) is 124 cm³/mol. The van der Waals surface area contributed by atoms with Crippen molar-refractivity contribution in [2.75, 3.05) is 19.6 Å². The van der Waals surface area contributed by atoms with Gasteiger partial charge in [-0.25, -0.2) is 0 Å². The van der Waals surface area contributed by atoms with Crippen molar-refractivity contribution < 1.29 is 9.59 Å². The molecule has 1 aromatic heterocycles. The monoisotopic (exact) mass is 466 g/mol. The maximum Gasteiger partial charge on any atom is 0.242 e. The highest BCUT2D eigenvalue weighted by molar-refractivity contribution is 7.10. The van der Waals surface area contributed by atoms with Gasteiger partial charge in [0.15, 0.2) is 0 Å². The van der Waals surface area contributed by atoms with Crippen LogP contribution in [0.2, 0.25) is 10.0 Å². The van der Waals surface area contributed by atoms with Crippen molar-refractivity contribution in [2.24, 2.45) is 0 Å². The molecule has 0 N–H and O–H groups in total. The molecule has 0 fully saturated rings. The highest BCUT2D eigenvalue weighted by Crippen LogP contribution is 2.41. The third-order valence-corrected chi connectivity index (χ3v) is 7.03. The molecule has 0 radical (unpaired) electrons. The van der Waals surface area contributed by atoms with E-state index < -0.39 is 0 Å². The summed E-state index contributed by atoms with van der Waals surface area (Å²) < 4.78 is 0. The van der Waals surface area contributed by atoms with Gasteiger partial charge in [-0.15, -0.1) is 11.3 Å². The smallest absolute Gasteiger partial charge is 0.242 e. The van der Waals surface area contributed by atoms with Gasteiger partial charge in [0.25, 0.3) is 0 Å². The van der Waals surface area contributed by atoms with Crippen LogP contribution in [0.4, 0.5) is 0 Å². The van der Waals surface area contributed by atoms with Gasteiger partial charge in [-0.2, -0.15) is 0 Å². The average molecular weight is 467 g/mol. The molecule has 2 aromatic rings. The first-order valence-electron chi connectivity index (χ1n) is 10.5. The van der Waals surface area contributed by atoms with Gasteiger partial charge in [0.1, 0.15) is 0 Å². The molecule has 2 heterocycles. The summed E-state index contributed by atoms with van der Waals surface area (Å²) in [7, 11) is 0. The molecule has 0 saturated heterocycles. The first-order chi connectivity index (χ1) is 14.5. The molecule has 1 unspecified atom stereocenters. The van der Waals surface area contributed by atoms with Crippen LogP contribution in [0, 0.1) is 0 Å². The zero-order chi connectivity index (χ0) is 21.7. The van der Waals surface area contributed by atoms with E-state index in [-0.39, 0.29) is 24.4 Å². The lowest BCUT2D eigenvalue weighted by Crippen LogP contribution is -2.47. The first kappa shape index (κ1) is 23.1. The number of halogens is 2. The molecular formula is C23H28Cl2N2O2S. The van der Waals surface area contributed by atoms with E-state index in [0.717, 1.165) is 36.8 Å². The zero-order valence-electron chi connectivity index (χ0n) is 17.5. The van der Waals surface area contributed by atoms with E-state index in [0.29, 0.717) is 29.6 Å². The summed E-state index contributed by atoms with van der Waals surface area (Å²) in [6, 6.07) is 7.25. The second-order valence-corrected chi connectivity index (χ2v) is 9.47. The molecule has 30 heavy (non-hydrogen) atoms. The number of benzene rings is 1. The van der Waals surface area contributed by atoms with E-state index in [9.17, 15) is 9.59 Å². The Bertz CT molecular complexity index is 899. The molecular weight excluding hydrogens is 439 g/mol. The Morgan fingerprint density at radius 2 is 1.97 bits per heavy atom. The Balaban J connectivity index is 1.90. The van der Waals surface area contributed by atoms with Crippen LogP contribution in [-0.2, 0) is 16.0 Å². The van der Waals surface area contributed by atoms with Gasteiger partial charge in [0.2, 0.25) is 11.8 Å². The van der Waals surface area contributed by atoms with Gasteiger partial charge in [-0.3, -0.25) is 9.59 Å². The van der Waals surface area contributed by atoms with Gasteiger partial charge in [-0.05, 0) is 54.0 Å². The van der Waals surface area contributed by atoms with Crippen molar-refractivity contribution in [3.05, 3.63) is 55.7 Å². The van der Waals surface area contributed by atoms with Crippen LogP contribution in [0.5, 0.6) is 0 Å². The standard InChI is InChI=1S/C23H28Cl2N2O2S/c1-3-5-11-26(21(28)6-4-2)15-22(29)27-12-9-20-18(10-13-30-20)23(27)17-8-7-16(24)14-19(17)25/h7-8,10,13-14,23H,3-6,9,11-12,15H2,1-2H3. The molecule has 2 amide bonds. The fourth-order valence-corrected chi connectivity index (χ4v) is 5.33. The Morgan fingerprint density at radius 1 is 1.17 bits per heavy atom. The van der Waals surface area contributed by atoms with Crippen molar-refractivity contribution >= 4 is 46.4 Å². The number of fused-ring (bicyclic) bond motifs is 1. The van der Waals surface area contributed by atoms with Crippen LogP contribution >= 0.6 is 34.5 Å². The highest BCUT2D eigenvalue weighted by Gasteiger charge is 2.34. The molecule has 0 aliphatic carbocycles. The largest absolute Gasteiger partial charge is 0.333 e. The van der Waals surface area contributed by atoms with Crippen LogP contribution in [0.15, 0.2) is 29.6 Å². The lowest BCUT2D eigenvalue weighted by Gasteiger charge is -2.38.